The Morgan fingerprint density at radius 2 is 2.16 bits per heavy atom. The third kappa shape index (κ3) is 3.99. The number of aliphatic hydroxyl groups excluding tert-OH is 1. The standard InChI is InChI=1S/C19H17NO5/c1-23-18-11-13(20-19(22)9-6-14-3-2-10-24-14)4-7-16(18)17-8-5-15(12-21)25-17/h2-11,21H,12H2,1H3,(H,20,22)/b9-6+. The van der Waals surface area contributed by atoms with Crippen LogP contribution in [0.15, 0.2) is 63.6 Å². The minimum atomic E-state index is -0.285. The van der Waals surface area contributed by atoms with Crippen LogP contribution in [0.1, 0.15) is 11.5 Å². The topological polar surface area (TPSA) is 84.8 Å². The normalized spacial score (nSPS) is 11.0. The van der Waals surface area contributed by atoms with Crippen LogP contribution in [0.2, 0.25) is 0 Å². The summed E-state index contributed by atoms with van der Waals surface area (Å²) < 4.78 is 16.0. The summed E-state index contributed by atoms with van der Waals surface area (Å²) in [7, 11) is 1.54. The van der Waals surface area contributed by atoms with Gasteiger partial charge in [-0.05, 0) is 42.5 Å². The van der Waals surface area contributed by atoms with Crippen molar-refractivity contribution in [2.75, 3.05) is 12.4 Å². The summed E-state index contributed by atoms with van der Waals surface area (Å²) >= 11 is 0. The maximum absolute atomic E-state index is 12.0. The van der Waals surface area contributed by atoms with E-state index in [0.717, 1.165) is 5.56 Å². The van der Waals surface area contributed by atoms with Crippen molar-refractivity contribution in [3.63, 3.8) is 0 Å². The summed E-state index contributed by atoms with van der Waals surface area (Å²) in [5.74, 6) is 1.91. The van der Waals surface area contributed by atoms with Crippen molar-refractivity contribution in [3.8, 4) is 17.1 Å². The van der Waals surface area contributed by atoms with Gasteiger partial charge in [-0.15, -0.1) is 0 Å². The number of hydrogen-bond acceptors (Lipinski definition) is 5. The Morgan fingerprint density at radius 3 is 2.84 bits per heavy atom. The fraction of sp³-hybridized carbons (Fsp3) is 0.105. The average Bonchev–Trinajstić information content (AvgIpc) is 3.31. The van der Waals surface area contributed by atoms with E-state index in [1.54, 1.807) is 48.5 Å². The molecule has 1 amide bonds. The van der Waals surface area contributed by atoms with E-state index >= 15 is 0 Å². The second-order valence-corrected chi connectivity index (χ2v) is 5.18. The smallest absolute Gasteiger partial charge is 0.248 e. The van der Waals surface area contributed by atoms with Gasteiger partial charge in [-0.3, -0.25) is 4.79 Å². The van der Waals surface area contributed by atoms with Gasteiger partial charge in [0.25, 0.3) is 0 Å². The Kier molecular flexibility index (Phi) is 5.01. The minimum Gasteiger partial charge on any atom is -0.496 e. The number of amides is 1. The first-order valence-corrected chi connectivity index (χ1v) is 7.60. The summed E-state index contributed by atoms with van der Waals surface area (Å²) in [4.78, 5) is 12.0. The molecule has 0 radical (unpaired) electrons. The van der Waals surface area contributed by atoms with Crippen molar-refractivity contribution in [1.29, 1.82) is 0 Å². The summed E-state index contributed by atoms with van der Waals surface area (Å²) in [5, 5.41) is 11.9. The van der Waals surface area contributed by atoms with Crippen LogP contribution in [0.25, 0.3) is 17.4 Å². The molecule has 3 aromatic rings. The van der Waals surface area contributed by atoms with Crippen LogP contribution in [0.5, 0.6) is 5.75 Å². The Hall–Kier alpha value is -3.25. The van der Waals surface area contributed by atoms with Gasteiger partial charge in [-0.2, -0.15) is 0 Å². The quantitative estimate of drug-likeness (QED) is 0.669. The van der Waals surface area contributed by atoms with E-state index in [0.29, 0.717) is 28.7 Å². The molecule has 25 heavy (non-hydrogen) atoms. The number of furan rings is 2. The van der Waals surface area contributed by atoms with Gasteiger partial charge in [0.15, 0.2) is 0 Å². The van der Waals surface area contributed by atoms with E-state index in [2.05, 4.69) is 5.32 Å². The van der Waals surface area contributed by atoms with Crippen LogP contribution in [0, 0.1) is 0 Å². The fourth-order valence-corrected chi connectivity index (χ4v) is 2.31. The highest BCUT2D eigenvalue weighted by molar-refractivity contribution is 6.02. The Labute approximate surface area is 144 Å². The molecule has 0 saturated heterocycles. The number of methoxy groups -OCH3 is 1. The van der Waals surface area contributed by atoms with Gasteiger partial charge in [0.1, 0.15) is 29.6 Å². The number of carbonyl (C=O) groups is 1. The molecule has 2 N–H and O–H groups in total. The van der Waals surface area contributed by atoms with Crippen molar-refractivity contribution < 1.29 is 23.5 Å². The van der Waals surface area contributed by atoms with Crippen LogP contribution >= 0.6 is 0 Å². The van der Waals surface area contributed by atoms with Crippen LogP contribution < -0.4 is 10.1 Å². The van der Waals surface area contributed by atoms with Gasteiger partial charge in [-0.1, -0.05) is 0 Å². The van der Waals surface area contributed by atoms with Crippen molar-refractivity contribution in [1.82, 2.24) is 0 Å². The number of hydrogen-bond donors (Lipinski definition) is 2. The maximum atomic E-state index is 12.0. The zero-order valence-electron chi connectivity index (χ0n) is 13.6. The molecule has 0 unspecified atom stereocenters. The number of nitrogens with one attached hydrogen (secondary N) is 1. The molecular weight excluding hydrogens is 322 g/mol. The highest BCUT2D eigenvalue weighted by Crippen LogP contribution is 2.33. The Morgan fingerprint density at radius 1 is 1.28 bits per heavy atom. The first-order valence-electron chi connectivity index (χ1n) is 7.60. The van der Waals surface area contributed by atoms with Gasteiger partial charge in [0.05, 0.1) is 18.9 Å². The average molecular weight is 339 g/mol. The molecule has 2 aromatic heterocycles. The molecule has 6 nitrogen and oxygen atoms in total. The number of benzene rings is 1. The van der Waals surface area contributed by atoms with E-state index in [1.807, 2.05) is 0 Å². The first-order chi connectivity index (χ1) is 12.2. The summed E-state index contributed by atoms with van der Waals surface area (Å²) in [6.45, 7) is -0.168. The second kappa shape index (κ2) is 7.55. The van der Waals surface area contributed by atoms with Crippen molar-refractivity contribution in [2.24, 2.45) is 0 Å². The largest absolute Gasteiger partial charge is 0.496 e. The van der Waals surface area contributed by atoms with Crippen molar-refractivity contribution in [2.45, 2.75) is 6.61 Å². The number of rotatable bonds is 6. The molecule has 3 rings (SSSR count). The van der Waals surface area contributed by atoms with Crippen LogP contribution in [0.3, 0.4) is 0 Å². The number of aliphatic hydroxyl groups is 1. The summed E-state index contributed by atoms with van der Waals surface area (Å²) in [6, 6.07) is 12.2. The molecule has 0 aliphatic rings. The predicted molar refractivity (Wildman–Crippen MR) is 93.0 cm³/mol. The molecule has 6 heteroatoms. The van der Waals surface area contributed by atoms with Gasteiger partial charge >= 0.3 is 0 Å². The Balaban J connectivity index is 1.75. The lowest BCUT2D eigenvalue weighted by atomic mass is 10.1. The van der Waals surface area contributed by atoms with Gasteiger partial charge in [-0.25, -0.2) is 0 Å². The molecule has 128 valence electrons. The first kappa shape index (κ1) is 16.6. The van der Waals surface area contributed by atoms with Gasteiger partial charge < -0.3 is 24.0 Å². The van der Waals surface area contributed by atoms with E-state index in [1.165, 1.54) is 19.4 Å². The number of carbonyl (C=O) groups excluding carboxylic acids is 1. The minimum absolute atomic E-state index is 0.168. The van der Waals surface area contributed by atoms with Crippen LogP contribution in [-0.2, 0) is 11.4 Å². The molecular formula is C19H17NO5. The third-order valence-corrected chi connectivity index (χ3v) is 3.49. The fourth-order valence-electron chi connectivity index (χ4n) is 2.31. The highest BCUT2D eigenvalue weighted by Gasteiger charge is 2.12. The molecule has 0 aliphatic heterocycles. The van der Waals surface area contributed by atoms with E-state index in [9.17, 15) is 4.79 Å². The molecule has 0 aliphatic carbocycles. The molecule has 1 aromatic carbocycles. The number of ether oxygens (including phenoxy) is 1. The summed E-state index contributed by atoms with van der Waals surface area (Å²) in [6.07, 6.45) is 4.51. The van der Waals surface area contributed by atoms with Crippen LogP contribution in [0.4, 0.5) is 5.69 Å². The number of anilines is 1. The molecule has 0 fully saturated rings. The van der Waals surface area contributed by atoms with E-state index in [4.69, 9.17) is 18.7 Å². The molecule has 2 heterocycles. The lowest BCUT2D eigenvalue weighted by molar-refractivity contribution is -0.111. The maximum Gasteiger partial charge on any atom is 0.248 e. The zero-order valence-corrected chi connectivity index (χ0v) is 13.6. The van der Waals surface area contributed by atoms with Gasteiger partial charge in [0, 0.05) is 17.8 Å². The van der Waals surface area contributed by atoms with E-state index in [-0.39, 0.29) is 12.5 Å². The molecule has 0 bridgehead atoms. The second-order valence-electron chi connectivity index (χ2n) is 5.18. The molecule has 0 saturated carbocycles. The predicted octanol–water partition coefficient (Wildman–Crippen LogP) is 3.69. The SMILES string of the molecule is COc1cc(NC(=O)/C=C/c2ccco2)ccc1-c1ccc(CO)o1. The zero-order chi connectivity index (χ0) is 17.6. The lowest BCUT2D eigenvalue weighted by Crippen LogP contribution is -2.07. The molecule has 0 spiro atoms. The summed E-state index contributed by atoms with van der Waals surface area (Å²) in [5.41, 5.74) is 1.31. The van der Waals surface area contributed by atoms with Crippen molar-refractivity contribution in [3.05, 3.63) is 66.3 Å². The Bertz CT molecular complexity index is 877. The van der Waals surface area contributed by atoms with Crippen LogP contribution in [-0.4, -0.2) is 18.1 Å². The van der Waals surface area contributed by atoms with E-state index < -0.39 is 0 Å². The monoisotopic (exact) mass is 339 g/mol. The van der Waals surface area contributed by atoms with Gasteiger partial charge in [0.2, 0.25) is 5.91 Å². The van der Waals surface area contributed by atoms with Crippen molar-refractivity contribution >= 4 is 17.7 Å². The highest BCUT2D eigenvalue weighted by atomic mass is 16.5. The third-order valence-electron chi connectivity index (χ3n) is 3.49. The molecule has 0 atom stereocenters. The lowest BCUT2D eigenvalue weighted by Gasteiger charge is -2.09.